The molecule has 3 nitrogen and oxygen atoms in total. The number of carbonyl (C=O) groups is 1. The Balaban J connectivity index is 2.10. The van der Waals surface area contributed by atoms with Crippen molar-refractivity contribution in [2.75, 3.05) is 19.7 Å². The third kappa shape index (κ3) is 1.95. The minimum Gasteiger partial charge on any atom is -0.376 e. The van der Waals surface area contributed by atoms with Crippen LogP contribution in [0, 0.1) is 5.41 Å². The van der Waals surface area contributed by atoms with Crippen LogP contribution < -0.4 is 0 Å². The average Bonchev–Trinajstić information content (AvgIpc) is 2.37. The topological polar surface area (TPSA) is 29.5 Å². The summed E-state index contributed by atoms with van der Waals surface area (Å²) in [6.07, 6.45) is -4.25. The van der Waals surface area contributed by atoms with E-state index in [1.165, 1.54) is 0 Å². The number of rotatable bonds is 0. The Morgan fingerprint density at radius 2 is 2.20 bits per heavy atom. The summed E-state index contributed by atoms with van der Waals surface area (Å²) in [5, 5.41) is 0. The maximum atomic E-state index is 12.2. The first-order valence-electron chi connectivity index (χ1n) is 4.78. The summed E-state index contributed by atoms with van der Waals surface area (Å²) in [6.45, 7) is 2.50. The normalized spacial score (nSPS) is 35.7. The summed E-state index contributed by atoms with van der Waals surface area (Å²) >= 11 is 0. The van der Waals surface area contributed by atoms with Gasteiger partial charge in [0.1, 0.15) is 0 Å². The quantitative estimate of drug-likeness (QED) is 0.617. The lowest BCUT2D eigenvalue weighted by Crippen LogP contribution is -2.51. The highest BCUT2D eigenvalue weighted by Gasteiger charge is 2.50. The number of alkyl halides is 3. The van der Waals surface area contributed by atoms with Crippen LogP contribution in [0.1, 0.15) is 13.3 Å². The lowest BCUT2D eigenvalue weighted by molar-refractivity contribution is -0.188. The van der Waals surface area contributed by atoms with Crippen molar-refractivity contribution in [1.82, 2.24) is 4.90 Å². The van der Waals surface area contributed by atoms with Crippen LogP contribution in [0.15, 0.2) is 0 Å². The second-order valence-electron chi connectivity index (χ2n) is 4.63. The Kier molecular flexibility index (Phi) is 2.22. The van der Waals surface area contributed by atoms with Gasteiger partial charge in [0.25, 0.3) is 0 Å². The lowest BCUT2D eigenvalue weighted by Gasteiger charge is -2.36. The number of hydrogen-bond donors (Lipinski definition) is 0. The van der Waals surface area contributed by atoms with Crippen molar-refractivity contribution in [3.63, 3.8) is 0 Å². The van der Waals surface area contributed by atoms with E-state index in [0.29, 0.717) is 6.61 Å². The Bertz CT molecular complexity index is 292. The zero-order chi connectivity index (χ0) is 11.3. The fraction of sp³-hybridized carbons (Fsp3) is 0.889. The Hall–Kier alpha value is -0.780. The summed E-state index contributed by atoms with van der Waals surface area (Å²) in [4.78, 5) is 11.9. The molecule has 0 aromatic heterocycles. The Labute approximate surface area is 85.2 Å². The molecule has 0 N–H and O–H groups in total. The molecule has 1 amide bonds. The van der Waals surface area contributed by atoms with E-state index in [9.17, 15) is 18.0 Å². The zero-order valence-electron chi connectivity index (χ0n) is 8.30. The summed E-state index contributed by atoms with van der Waals surface area (Å²) in [5.41, 5.74) is -0.302. The molecule has 0 aromatic carbocycles. The van der Waals surface area contributed by atoms with Crippen LogP contribution in [-0.2, 0) is 9.53 Å². The minimum absolute atomic E-state index is 0.0634. The SMILES string of the molecule is CC12COC(CN(C(=O)C(F)(F)F)C1)C2. The van der Waals surface area contributed by atoms with E-state index in [-0.39, 0.29) is 24.6 Å². The van der Waals surface area contributed by atoms with Gasteiger partial charge >= 0.3 is 12.1 Å². The van der Waals surface area contributed by atoms with Crippen molar-refractivity contribution in [1.29, 1.82) is 0 Å². The van der Waals surface area contributed by atoms with Crippen molar-refractivity contribution < 1.29 is 22.7 Å². The molecule has 2 rings (SSSR count). The van der Waals surface area contributed by atoms with Gasteiger partial charge in [0.05, 0.1) is 12.7 Å². The number of ether oxygens (including phenoxy) is 1. The van der Waals surface area contributed by atoms with Gasteiger partial charge in [-0.15, -0.1) is 0 Å². The van der Waals surface area contributed by atoms with Gasteiger partial charge in [-0.2, -0.15) is 13.2 Å². The maximum absolute atomic E-state index is 12.2. The van der Waals surface area contributed by atoms with Gasteiger partial charge in [-0.25, -0.2) is 0 Å². The summed E-state index contributed by atoms with van der Waals surface area (Å²) in [7, 11) is 0. The number of halogens is 3. The fourth-order valence-corrected chi connectivity index (χ4v) is 2.32. The van der Waals surface area contributed by atoms with E-state index in [4.69, 9.17) is 4.74 Å². The molecule has 15 heavy (non-hydrogen) atoms. The molecule has 86 valence electrons. The van der Waals surface area contributed by atoms with E-state index >= 15 is 0 Å². The molecule has 0 radical (unpaired) electrons. The predicted molar refractivity (Wildman–Crippen MR) is 45.1 cm³/mol. The number of piperidine rings is 1. The highest BCUT2D eigenvalue weighted by Crippen LogP contribution is 2.38. The van der Waals surface area contributed by atoms with Crippen LogP contribution in [0.3, 0.4) is 0 Å². The van der Waals surface area contributed by atoms with E-state index in [0.717, 1.165) is 11.3 Å². The average molecular weight is 223 g/mol. The standard InChI is InChI=1S/C9H12F3NO2/c1-8-2-6(15-5-8)3-13(4-8)7(14)9(10,11)12/h6H,2-5H2,1H3. The second kappa shape index (κ2) is 3.10. The molecule has 2 aliphatic rings. The first-order chi connectivity index (χ1) is 6.80. The molecule has 2 aliphatic heterocycles. The molecule has 2 fully saturated rings. The third-order valence-corrected chi connectivity index (χ3v) is 2.91. The number of likely N-dealkylation sites (tertiary alicyclic amines) is 1. The molecule has 2 atom stereocenters. The van der Waals surface area contributed by atoms with E-state index in [2.05, 4.69) is 0 Å². The van der Waals surface area contributed by atoms with Crippen molar-refractivity contribution in [2.24, 2.45) is 5.41 Å². The first-order valence-corrected chi connectivity index (χ1v) is 4.78. The minimum atomic E-state index is -4.77. The van der Waals surface area contributed by atoms with Gasteiger partial charge < -0.3 is 9.64 Å². The van der Waals surface area contributed by atoms with Crippen LogP contribution in [-0.4, -0.2) is 42.8 Å². The molecular formula is C9H12F3NO2. The molecule has 0 aromatic rings. The zero-order valence-corrected chi connectivity index (χ0v) is 8.30. The van der Waals surface area contributed by atoms with Crippen LogP contribution >= 0.6 is 0 Å². The van der Waals surface area contributed by atoms with Crippen molar-refractivity contribution in [3.05, 3.63) is 0 Å². The second-order valence-corrected chi connectivity index (χ2v) is 4.63. The van der Waals surface area contributed by atoms with Crippen molar-refractivity contribution >= 4 is 5.91 Å². The van der Waals surface area contributed by atoms with Crippen LogP contribution in [0.5, 0.6) is 0 Å². The number of amides is 1. The van der Waals surface area contributed by atoms with E-state index < -0.39 is 12.1 Å². The summed E-state index contributed by atoms with van der Waals surface area (Å²) in [5.74, 6) is -1.75. The Morgan fingerprint density at radius 3 is 2.73 bits per heavy atom. The van der Waals surface area contributed by atoms with Crippen LogP contribution in [0.2, 0.25) is 0 Å². The molecule has 0 spiro atoms. The molecule has 0 saturated carbocycles. The molecule has 0 aliphatic carbocycles. The van der Waals surface area contributed by atoms with Crippen molar-refractivity contribution in [3.8, 4) is 0 Å². The summed E-state index contributed by atoms with van der Waals surface area (Å²) < 4.78 is 41.9. The van der Waals surface area contributed by atoms with Gasteiger partial charge in [-0.05, 0) is 6.42 Å². The van der Waals surface area contributed by atoms with Gasteiger partial charge in [0.15, 0.2) is 0 Å². The molecule has 2 bridgehead atoms. The van der Waals surface area contributed by atoms with E-state index in [1.807, 2.05) is 6.92 Å². The first kappa shape index (κ1) is 10.7. The Morgan fingerprint density at radius 1 is 1.53 bits per heavy atom. The number of fused-ring (bicyclic) bond motifs is 2. The van der Waals surface area contributed by atoms with E-state index in [1.54, 1.807) is 0 Å². The smallest absolute Gasteiger partial charge is 0.376 e. The highest BCUT2D eigenvalue weighted by molar-refractivity contribution is 5.82. The van der Waals surface area contributed by atoms with Gasteiger partial charge in [0, 0.05) is 18.5 Å². The number of nitrogens with zero attached hydrogens (tertiary/aromatic N) is 1. The fourth-order valence-electron chi connectivity index (χ4n) is 2.32. The largest absolute Gasteiger partial charge is 0.471 e. The van der Waals surface area contributed by atoms with Gasteiger partial charge in [-0.1, -0.05) is 6.92 Å². The lowest BCUT2D eigenvalue weighted by atomic mass is 9.84. The van der Waals surface area contributed by atoms with Gasteiger partial charge in [-0.3, -0.25) is 4.79 Å². The summed E-state index contributed by atoms with van der Waals surface area (Å²) in [6, 6.07) is 0. The molecule has 2 saturated heterocycles. The highest BCUT2D eigenvalue weighted by atomic mass is 19.4. The molecular weight excluding hydrogens is 211 g/mol. The molecule has 6 heteroatoms. The number of hydrogen-bond acceptors (Lipinski definition) is 2. The van der Waals surface area contributed by atoms with Crippen LogP contribution in [0.25, 0.3) is 0 Å². The monoisotopic (exact) mass is 223 g/mol. The number of carbonyl (C=O) groups excluding carboxylic acids is 1. The van der Waals surface area contributed by atoms with Crippen LogP contribution in [0.4, 0.5) is 13.2 Å². The molecule has 2 heterocycles. The van der Waals surface area contributed by atoms with Crippen molar-refractivity contribution in [2.45, 2.75) is 25.6 Å². The third-order valence-electron chi connectivity index (χ3n) is 2.91. The van der Waals surface area contributed by atoms with Gasteiger partial charge in [0.2, 0.25) is 0 Å². The molecule has 2 unspecified atom stereocenters. The maximum Gasteiger partial charge on any atom is 0.471 e. The predicted octanol–water partition coefficient (Wildman–Crippen LogP) is 1.19.